The van der Waals surface area contributed by atoms with Crippen LogP contribution >= 0.6 is 0 Å². The number of hydrogen-bond donors (Lipinski definition) is 1. The Morgan fingerprint density at radius 2 is 1.58 bits per heavy atom. The second kappa shape index (κ2) is 2.93. The SMILES string of the molecule is C=C(O)c1nc(C)c(C)nc1C. The predicted octanol–water partition coefficient (Wildman–Crippen LogP) is 1.93. The van der Waals surface area contributed by atoms with E-state index in [1.165, 1.54) is 0 Å². The highest BCUT2D eigenvalue weighted by atomic mass is 16.3. The van der Waals surface area contributed by atoms with Gasteiger partial charge in [0.15, 0.2) is 0 Å². The molecule has 0 saturated heterocycles. The largest absolute Gasteiger partial charge is 0.506 e. The zero-order chi connectivity index (χ0) is 9.30. The Morgan fingerprint density at radius 1 is 1.08 bits per heavy atom. The molecule has 0 unspecified atom stereocenters. The highest BCUT2D eigenvalue weighted by Gasteiger charge is 2.06. The van der Waals surface area contributed by atoms with Crippen molar-refractivity contribution in [1.82, 2.24) is 9.97 Å². The average molecular weight is 164 g/mol. The summed E-state index contributed by atoms with van der Waals surface area (Å²) in [6, 6.07) is 0. The number of nitrogens with zero attached hydrogens (tertiary/aromatic N) is 2. The van der Waals surface area contributed by atoms with Gasteiger partial charge in [-0.05, 0) is 20.8 Å². The molecule has 0 aliphatic rings. The lowest BCUT2D eigenvalue weighted by atomic mass is 10.2. The molecule has 0 fully saturated rings. The number of aryl methyl sites for hydroxylation is 3. The smallest absolute Gasteiger partial charge is 0.135 e. The molecular formula is C9H12N2O. The van der Waals surface area contributed by atoms with Crippen LogP contribution in [0.4, 0.5) is 0 Å². The Kier molecular flexibility index (Phi) is 2.13. The molecule has 0 radical (unpaired) electrons. The molecule has 1 aromatic rings. The molecule has 3 heteroatoms. The summed E-state index contributed by atoms with van der Waals surface area (Å²) < 4.78 is 0. The van der Waals surface area contributed by atoms with Crippen molar-refractivity contribution in [3.05, 3.63) is 29.4 Å². The quantitative estimate of drug-likeness (QED) is 0.645. The molecule has 3 nitrogen and oxygen atoms in total. The maximum atomic E-state index is 9.12. The van der Waals surface area contributed by atoms with E-state index in [9.17, 15) is 0 Å². The first-order valence-corrected chi connectivity index (χ1v) is 3.72. The molecule has 0 aliphatic heterocycles. The van der Waals surface area contributed by atoms with Crippen LogP contribution in [-0.4, -0.2) is 15.1 Å². The van der Waals surface area contributed by atoms with E-state index in [2.05, 4.69) is 16.5 Å². The molecule has 0 aromatic carbocycles. The Morgan fingerprint density at radius 3 is 2.08 bits per heavy atom. The summed E-state index contributed by atoms with van der Waals surface area (Å²) in [5, 5.41) is 9.12. The van der Waals surface area contributed by atoms with Crippen LogP contribution in [0.3, 0.4) is 0 Å². The first kappa shape index (κ1) is 8.71. The van der Waals surface area contributed by atoms with Gasteiger partial charge in [0.2, 0.25) is 0 Å². The Labute approximate surface area is 71.8 Å². The summed E-state index contributed by atoms with van der Waals surface area (Å²) in [6.07, 6.45) is 0. The number of rotatable bonds is 1. The number of aromatic nitrogens is 2. The van der Waals surface area contributed by atoms with Crippen molar-refractivity contribution >= 4 is 5.76 Å². The standard InChI is InChI=1S/C9H12N2O/c1-5-6(2)11-9(8(4)12)7(3)10-5/h12H,4H2,1-3H3. The lowest BCUT2D eigenvalue weighted by Gasteiger charge is -2.05. The summed E-state index contributed by atoms with van der Waals surface area (Å²) in [7, 11) is 0. The summed E-state index contributed by atoms with van der Waals surface area (Å²) in [4.78, 5) is 8.37. The first-order valence-electron chi connectivity index (χ1n) is 3.72. The minimum atomic E-state index is -0.0249. The molecule has 0 spiro atoms. The Balaban J connectivity index is 3.33. The summed E-state index contributed by atoms with van der Waals surface area (Å²) in [5.74, 6) is -0.0249. The lowest BCUT2D eigenvalue weighted by molar-refractivity contribution is 0.508. The van der Waals surface area contributed by atoms with Crippen LogP contribution in [0.15, 0.2) is 6.58 Å². The van der Waals surface area contributed by atoms with Crippen LogP contribution < -0.4 is 0 Å². The second-order valence-corrected chi connectivity index (χ2v) is 2.78. The fourth-order valence-corrected chi connectivity index (χ4v) is 0.988. The molecule has 0 saturated carbocycles. The summed E-state index contributed by atoms with van der Waals surface area (Å²) in [5.41, 5.74) is 2.91. The third kappa shape index (κ3) is 1.44. The molecule has 0 bridgehead atoms. The van der Waals surface area contributed by atoms with E-state index in [1.54, 1.807) is 6.92 Å². The van der Waals surface area contributed by atoms with Crippen LogP contribution in [0.25, 0.3) is 5.76 Å². The van der Waals surface area contributed by atoms with Gasteiger partial charge in [0.25, 0.3) is 0 Å². The molecular weight excluding hydrogens is 152 g/mol. The third-order valence-electron chi connectivity index (χ3n) is 1.75. The van der Waals surface area contributed by atoms with Crippen molar-refractivity contribution in [2.45, 2.75) is 20.8 Å². The fraction of sp³-hybridized carbons (Fsp3) is 0.333. The van der Waals surface area contributed by atoms with Crippen molar-refractivity contribution in [2.75, 3.05) is 0 Å². The summed E-state index contributed by atoms with van der Waals surface area (Å²) in [6.45, 7) is 8.96. The first-order chi connectivity index (χ1) is 5.52. The molecule has 0 amide bonds. The number of aliphatic hydroxyl groups is 1. The van der Waals surface area contributed by atoms with Gasteiger partial charge < -0.3 is 5.11 Å². The maximum Gasteiger partial charge on any atom is 0.135 e. The summed E-state index contributed by atoms with van der Waals surface area (Å²) >= 11 is 0. The van der Waals surface area contributed by atoms with Gasteiger partial charge in [-0.3, -0.25) is 4.98 Å². The highest BCUT2D eigenvalue weighted by molar-refractivity contribution is 5.54. The highest BCUT2D eigenvalue weighted by Crippen LogP contribution is 2.12. The van der Waals surface area contributed by atoms with Gasteiger partial charge in [0.05, 0.1) is 17.1 Å². The van der Waals surface area contributed by atoms with Gasteiger partial charge >= 0.3 is 0 Å². The molecule has 1 N–H and O–H groups in total. The van der Waals surface area contributed by atoms with E-state index in [4.69, 9.17) is 5.11 Å². The van der Waals surface area contributed by atoms with Crippen LogP contribution in [0.5, 0.6) is 0 Å². The molecule has 0 aliphatic carbocycles. The lowest BCUT2D eigenvalue weighted by Crippen LogP contribution is -2.01. The van der Waals surface area contributed by atoms with Crippen LogP contribution in [0, 0.1) is 20.8 Å². The molecule has 1 aromatic heterocycles. The number of aliphatic hydroxyl groups excluding tert-OH is 1. The normalized spacial score (nSPS) is 9.92. The van der Waals surface area contributed by atoms with E-state index in [0.29, 0.717) is 11.4 Å². The van der Waals surface area contributed by atoms with Crippen LogP contribution in [-0.2, 0) is 0 Å². The van der Waals surface area contributed by atoms with Crippen LogP contribution in [0.2, 0.25) is 0 Å². The van der Waals surface area contributed by atoms with Crippen molar-refractivity contribution < 1.29 is 5.11 Å². The molecule has 0 atom stereocenters. The Bertz CT molecular complexity index is 332. The zero-order valence-corrected chi connectivity index (χ0v) is 7.55. The topological polar surface area (TPSA) is 46.0 Å². The number of hydrogen-bond acceptors (Lipinski definition) is 3. The minimum absolute atomic E-state index is 0.0249. The van der Waals surface area contributed by atoms with Crippen molar-refractivity contribution in [1.29, 1.82) is 0 Å². The minimum Gasteiger partial charge on any atom is -0.506 e. The van der Waals surface area contributed by atoms with Crippen molar-refractivity contribution in [2.24, 2.45) is 0 Å². The van der Waals surface area contributed by atoms with Gasteiger partial charge in [0, 0.05) is 0 Å². The molecule has 64 valence electrons. The van der Waals surface area contributed by atoms with E-state index in [0.717, 1.165) is 11.4 Å². The predicted molar refractivity (Wildman–Crippen MR) is 47.9 cm³/mol. The van der Waals surface area contributed by atoms with Crippen molar-refractivity contribution in [3.63, 3.8) is 0 Å². The van der Waals surface area contributed by atoms with Gasteiger partial charge in [-0.1, -0.05) is 6.58 Å². The van der Waals surface area contributed by atoms with E-state index in [1.807, 2.05) is 13.8 Å². The monoisotopic (exact) mass is 164 g/mol. The van der Waals surface area contributed by atoms with E-state index in [-0.39, 0.29) is 5.76 Å². The molecule has 12 heavy (non-hydrogen) atoms. The van der Waals surface area contributed by atoms with Gasteiger partial charge in [-0.15, -0.1) is 0 Å². The second-order valence-electron chi connectivity index (χ2n) is 2.78. The van der Waals surface area contributed by atoms with Crippen molar-refractivity contribution in [3.8, 4) is 0 Å². The average Bonchev–Trinajstić information content (AvgIpc) is 1.96. The van der Waals surface area contributed by atoms with Crippen LogP contribution in [0.1, 0.15) is 22.8 Å². The molecule has 1 rings (SSSR count). The third-order valence-corrected chi connectivity index (χ3v) is 1.75. The van der Waals surface area contributed by atoms with E-state index < -0.39 is 0 Å². The van der Waals surface area contributed by atoms with Gasteiger partial charge in [-0.25, -0.2) is 4.98 Å². The van der Waals surface area contributed by atoms with E-state index >= 15 is 0 Å². The molecule has 1 heterocycles. The van der Waals surface area contributed by atoms with Gasteiger partial charge in [-0.2, -0.15) is 0 Å². The van der Waals surface area contributed by atoms with Gasteiger partial charge in [0.1, 0.15) is 11.5 Å². The fourth-order valence-electron chi connectivity index (χ4n) is 0.988. The Hall–Kier alpha value is -1.38. The maximum absolute atomic E-state index is 9.12. The zero-order valence-electron chi connectivity index (χ0n) is 7.55.